The van der Waals surface area contributed by atoms with Gasteiger partial charge in [-0.05, 0) is 31.9 Å². The van der Waals surface area contributed by atoms with Crippen molar-refractivity contribution in [2.75, 3.05) is 6.54 Å². The molecule has 0 saturated heterocycles. The van der Waals surface area contributed by atoms with E-state index in [1.54, 1.807) is 4.90 Å². The smallest absolute Gasteiger partial charge is 0.318 e. The maximum atomic E-state index is 12.5. The van der Waals surface area contributed by atoms with Crippen molar-refractivity contribution < 1.29 is 13.7 Å². The van der Waals surface area contributed by atoms with Crippen molar-refractivity contribution in [3.63, 3.8) is 0 Å². The van der Waals surface area contributed by atoms with E-state index in [0.29, 0.717) is 37.3 Å². The first-order valence-electron chi connectivity index (χ1n) is 9.05. The molecule has 136 valence electrons. The Bertz CT molecular complexity index is 864. The third-order valence-corrected chi connectivity index (χ3v) is 4.83. The zero-order valence-corrected chi connectivity index (χ0v) is 14.8. The lowest BCUT2D eigenvalue weighted by atomic mass is 9.85. The first kappa shape index (κ1) is 16.6. The minimum absolute atomic E-state index is 0.178. The highest BCUT2D eigenvalue weighted by Gasteiger charge is 2.26. The van der Waals surface area contributed by atoms with Gasteiger partial charge in [0, 0.05) is 17.8 Å². The molecule has 3 aromatic rings. The second-order valence-electron chi connectivity index (χ2n) is 6.60. The number of amides is 2. The van der Waals surface area contributed by atoms with Gasteiger partial charge in [-0.2, -0.15) is 4.98 Å². The highest BCUT2D eigenvalue weighted by molar-refractivity contribution is 5.78. The summed E-state index contributed by atoms with van der Waals surface area (Å²) in [6, 6.07) is 9.55. The Morgan fingerprint density at radius 2 is 2.19 bits per heavy atom. The molecule has 0 bridgehead atoms. The lowest BCUT2D eigenvalue weighted by molar-refractivity contribution is 0.194. The zero-order chi connectivity index (χ0) is 17.9. The summed E-state index contributed by atoms with van der Waals surface area (Å²) in [6.45, 7) is 3.15. The quantitative estimate of drug-likeness (QED) is 0.727. The highest BCUT2D eigenvalue weighted by Crippen LogP contribution is 2.35. The van der Waals surface area contributed by atoms with Gasteiger partial charge >= 0.3 is 6.03 Å². The van der Waals surface area contributed by atoms with E-state index in [-0.39, 0.29) is 6.03 Å². The maximum Gasteiger partial charge on any atom is 0.318 e. The number of urea groups is 1. The molecule has 4 rings (SSSR count). The number of furan rings is 1. The van der Waals surface area contributed by atoms with E-state index in [2.05, 4.69) is 15.5 Å². The second kappa shape index (κ2) is 7.19. The third kappa shape index (κ3) is 3.42. The van der Waals surface area contributed by atoms with Crippen LogP contribution >= 0.6 is 0 Å². The minimum atomic E-state index is -0.178. The van der Waals surface area contributed by atoms with Crippen molar-refractivity contribution in [2.24, 2.45) is 0 Å². The molecule has 7 nitrogen and oxygen atoms in total. The van der Waals surface area contributed by atoms with Crippen LogP contribution in [0.25, 0.3) is 11.0 Å². The van der Waals surface area contributed by atoms with E-state index in [0.717, 1.165) is 29.6 Å². The number of fused-ring (bicyclic) bond motifs is 1. The predicted molar refractivity (Wildman–Crippen MR) is 95.4 cm³/mol. The SMILES string of the molecule is CCN(Cc1noc(C2CCC2)n1)C(=O)NCc1cc2ccccc2o1. The van der Waals surface area contributed by atoms with E-state index in [1.807, 2.05) is 37.3 Å². The lowest BCUT2D eigenvalue weighted by Crippen LogP contribution is -2.39. The van der Waals surface area contributed by atoms with E-state index in [9.17, 15) is 4.79 Å². The first-order valence-corrected chi connectivity index (χ1v) is 9.05. The standard InChI is InChI=1S/C19H22N4O3/c1-2-23(12-17-21-18(26-22-17)13-7-5-8-13)19(24)20-11-15-10-14-6-3-4-9-16(14)25-15/h3-4,6,9-10,13H,2,5,7-8,11-12H2,1H3,(H,20,24). The highest BCUT2D eigenvalue weighted by atomic mass is 16.5. The summed E-state index contributed by atoms with van der Waals surface area (Å²) in [5.74, 6) is 2.37. The van der Waals surface area contributed by atoms with E-state index in [4.69, 9.17) is 8.94 Å². The Balaban J connectivity index is 1.35. The monoisotopic (exact) mass is 354 g/mol. The number of nitrogens with one attached hydrogen (secondary N) is 1. The van der Waals surface area contributed by atoms with Crippen LogP contribution in [0.3, 0.4) is 0 Å². The molecule has 26 heavy (non-hydrogen) atoms. The number of carbonyl (C=O) groups excluding carboxylic acids is 1. The van der Waals surface area contributed by atoms with Crippen molar-refractivity contribution in [1.29, 1.82) is 0 Å². The lowest BCUT2D eigenvalue weighted by Gasteiger charge is -2.21. The Labute approximate surface area is 151 Å². The predicted octanol–water partition coefficient (Wildman–Crippen LogP) is 3.82. The molecule has 0 spiro atoms. The van der Waals surface area contributed by atoms with Crippen molar-refractivity contribution >= 4 is 17.0 Å². The summed E-state index contributed by atoms with van der Waals surface area (Å²) in [5.41, 5.74) is 0.819. The minimum Gasteiger partial charge on any atom is -0.459 e. The largest absolute Gasteiger partial charge is 0.459 e. The van der Waals surface area contributed by atoms with Gasteiger partial charge in [-0.1, -0.05) is 29.8 Å². The summed E-state index contributed by atoms with van der Waals surface area (Å²) >= 11 is 0. The fourth-order valence-corrected chi connectivity index (χ4v) is 3.05. The molecule has 0 atom stereocenters. The molecule has 0 unspecified atom stereocenters. The van der Waals surface area contributed by atoms with E-state index in [1.165, 1.54) is 6.42 Å². The fourth-order valence-electron chi connectivity index (χ4n) is 3.05. The Morgan fingerprint density at radius 1 is 1.35 bits per heavy atom. The van der Waals surface area contributed by atoms with Crippen LogP contribution < -0.4 is 5.32 Å². The van der Waals surface area contributed by atoms with Crippen molar-refractivity contribution in [3.8, 4) is 0 Å². The number of aromatic nitrogens is 2. The summed E-state index contributed by atoms with van der Waals surface area (Å²) in [6.07, 6.45) is 3.43. The average Bonchev–Trinajstić information content (AvgIpc) is 3.22. The van der Waals surface area contributed by atoms with Crippen LogP contribution in [0.2, 0.25) is 0 Å². The number of carbonyl (C=O) groups is 1. The molecular weight excluding hydrogens is 332 g/mol. The number of nitrogens with zero attached hydrogens (tertiary/aromatic N) is 3. The molecule has 0 aliphatic heterocycles. The first-order chi connectivity index (χ1) is 12.7. The van der Waals surface area contributed by atoms with Gasteiger partial charge in [0.1, 0.15) is 11.3 Å². The van der Waals surface area contributed by atoms with E-state index >= 15 is 0 Å². The molecule has 7 heteroatoms. The van der Waals surface area contributed by atoms with Gasteiger partial charge in [0.2, 0.25) is 5.89 Å². The summed E-state index contributed by atoms with van der Waals surface area (Å²) in [7, 11) is 0. The van der Waals surface area contributed by atoms with Crippen LogP contribution in [-0.4, -0.2) is 27.6 Å². The Kier molecular flexibility index (Phi) is 4.60. The summed E-state index contributed by atoms with van der Waals surface area (Å²) in [5, 5.41) is 7.93. The van der Waals surface area contributed by atoms with Crippen LogP contribution in [0.4, 0.5) is 4.79 Å². The molecule has 0 radical (unpaired) electrons. The molecule has 1 saturated carbocycles. The van der Waals surface area contributed by atoms with Crippen LogP contribution in [0.1, 0.15) is 49.6 Å². The molecule has 2 heterocycles. The van der Waals surface area contributed by atoms with Crippen molar-refractivity contribution in [3.05, 3.63) is 47.8 Å². The number of rotatable bonds is 6. The molecule has 2 aromatic heterocycles. The van der Waals surface area contributed by atoms with Crippen molar-refractivity contribution in [1.82, 2.24) is 20.4 Å². The molecular formula is C19H22N4O3. The Morgan fingerprint density at radius 3 is 2.92 bits per heavy atom. The van der Waals surface area contributed by atoms with Crippen LogP contribution in [-0.2, 0) is 13.1 Å². The molecule has 1 aliphatic rings. The molecule has 1 fully saturated rings. The maximum absolute atomic E-state index is 12.5. The fraction of sp³-hybridized carbons (Fsp3) is 0.421. The van der Waals surface area contributed by atoms with Gasteiger partial charge in [0.25, 0.3) is 0 Å². The van der Waals surface area contributed by atoms with Gasteiger partial charge in [-0.3, -0.25) is 0 Å². The van der Waals surface area contributed by atoms with Gasteiger partial charge in [0.15, 0.2) is 5.82 Å². The van der Waals surface area contributed by atoms with Gasteiger partial charge < -0.3 is 19.2 Å². The average molecular weight is 354 g/mol. The van der Waals surface area contributed by atoms with Crippen LogP contribution in [0.5, 0.6) is 0 Å². The third-order valence-electron chi connectivity index (χ3n) is 4.83. The Hall–Kier alpha value is -2.83. The molecule has 1 aromatic carbocycles. The van der Waals surface area contributed by atoms with Crippen LogP contribution in [0.15, 0.2) is 39.3 Å². The summed E-state index contributed by atoms with van der Waals surface area (Å²) < 4.78 is 11.0. The number of para-hydroxylation sites is 1. The van der Waals surface area contributed by atoms with Crippen LogP contribution in [0, 0.1) is 0 Å². The molecule has 1 aliphatic carbocycles. The normalized spacial score (nSPS) is 14.3. The van der Waals surface area contributed by atoms with Gasteiger partial charge in [-0.15, -0.1) is 0 Å². The summed E-state index contributed by atoms with van der Waals surface area (Å²) in [4.78, 5) is 18.5. The second-order valence-corrected chi connectivity index (χ2v) is 6.60. The number of hydrogen-bond donors (Lipinski definition) is 1. The molecule has 2 amide bonds. The van der Waals surface area contributed by atoms with Crippen molar-refractivity contribution in [2.45, 2.75) is 45.2 Å². The zero-order valence-electron chi connectivity index (χ0n) is 14.8. The van der Waals surface area contributed by atoms with Gasteiger partial charge in [-0.25, -0.2) is 4.79 Å². The molecule has 1 N–H and O–H groups in total. The number of hydrogen-bond acceptors (Lipinski definition) is 5. The topological polar surface area (TPSA) is 84.4 Å². The van der Waals surface area contributed by atoms with E-state index < -0.39 is 0 Å². The van der Waals surface area contributed by atoms with Gasteiger partial charge in [0.05, 0.1) is 13.1 Å². The number of benzene rings is 1.